The van der Waals surface area contributed by atoms with Gasteiger partial charge in [-0.05, 0) is 55.1 Å². The number of nitrogens with two attached hydrogens (primary N) is 1. The van der Waals surface area contributed by atoms with E-state index in [-0.39, 0.29) is 10.6 Å². The van der Waals surface area contributed by atoms with E-state index in [1.165, 1.54) is 4.31 Å². The zero-order chi connectivity index (χ0) is 16.2. The summed E-state index contributed by atoms with van der Waals surface area (Å²) in [5.74, 6) is 0. The van der Waals surface area contributed by atoms with E-state index in [1.807, 2.05) is 25.9 Å². The first-order valence-corrected chi connectivity index (χ1v) is 9.62. The van der Waals surface area contributed by atoms with Crippen molar-refractivity contribution in [3.63, 3.8) is 0 Å². The first-order chi connectivity index (χ1) is 9.70. The Labute approximate surface area is 143 Å². The highest BCUT2D eigenvalue weighted by molar-refractivity contribution is 9.11. The summed E-state index contributed by atoms with van der Waals surface area (Å²) in [5, 5.41) is 0. The summed E-state index contributed by atoms with van der Waals surface area (Å²) < 4.78 is 28.2. The number of nitrogens with zero attached hydrogens (tertiary/aromatic N) is 2. The Morgan fingerprint density at radius 2 is 1.81 bits per heavy atom. The molecule has 0 heterocycles. The molecule has 8 heteroatoms. The monoisotopic (exact) mass is 441 g/mol. The minimum atomic E-state index is -3.61. The van der Waals surface area contributed by atoms with Crippen molar-refractivity contribution < 1.29 is 8.42 Å². The topological polar surface area (TPSA) is 66.6 Å². The van der Waals surface area contributed by atoms with Crippen LogP contribution in [-0.4, -0.2) is 51.4 Å². The second-order valence-electron chi connectivity index (χ2n) is 4.96. The summed E-state index contributed by atoms with van der Waals surface area (Å²) in [6, 6.07) is 3.29. The molecule has 0 bridgehead atoms. The SMILES string of the molecule is CCN(CCCN(C)C)S(=O)(=O)c1c(N)cc(Br)cc1Br. The van der Waals surface area contributed by atoms with Crippen LogP contribution in [-0.2, 0) is 10.0 Å². The lowest BCUT2D eigenvalue weighted by molar-refractivity contribution is 0.356. The van der Waals surface area contributed by atoms with Crippen LogP contribution in [0.4, 0.5) is 5.69 Å². The van der Waals surface area contributed by atoms with Gasteiger partial charge in [-0.1, -0.05) is 22.9 Å². The molecule has 0 aromatic heterocycles. The molecule has 21 heavy (non-hydrogen) atoms. The van der Waals surface area contributed by atoms with Gasteiger partial charge in [-0.15, -0.1) is 0 Å². The van der Waals surface area contributed by atoms with E-state index in [9.17, 15) is 8.42 Å². The molecule has 1 rings (SSSR count). The van der Waals surface area contributed by atoms with Crippen molar-refractivity contribution in [2.45, 2.75) is 18.2 Å². The average Bonchev–Trinajstić information content (AvgIpc) is 2.32. The molecule has 0 spiro atoms. The fourth-order valence-corrected chi connectivity index (χ4v) is 5.49. The summed E-state index contributed by atoms with van der Waals surface area (Å²) in [5.41, 5.74) is 6.14. The average molecular weight is 443 g/mol. The highest BCUT2D eigenvalue weighted by atomic mass is 79.9. The Morgan fingerprint density at radius 3 is 2.29 bits per heavy atom. The van der Waals surface area contributed by atoms with Crippen molar-refractivity contribution in [2.24, 2.45) is 0 Å². The van der Waals surface area contributed by atoms with Crippen molar-refractivity contribution in [3.05, 3.63) is 21.1 Å². The van der Waals surface area contributed by atoms with Crippen LogP contribution < -0.4 is 5.73 Å². The normalized spacial score (nSPS) is 12.3. The number of benzene rings is 1. The lowest BCUT2D eigenvalue weighted by Gasteiger charge is -2.23. The molecule has 1 aromatic carbocycles. The summed E-state index contributed by atoms with van der Waals surface area (Å²) >= 11 is 6.60. The van der Waals surface area contributed by atoms with Gasteiger partial charge in [-0.2, -0.15) is 4.31 Å². The maximum Gasteiger partial charge on any atom is 0.246 e. The number of hydrogen-bond acceptors (Lipinski definition) is 4. The van der Waals surface area contributed by atoms with E-state index >= 15 is 0 Å². The standard InChI is InChI=1S/C13H21Br2N3O2S/c1-4-18(7-5-6-17(2)3)21(19,20)13-11(15)8-10(14)9-12(13)16/h8-9H,4-7,16H2,1-3H3. The van der Waals surface area contributed by atoms with E-state index < -0.39 is 10.0 Å². The maximum atomic E-state index is 12.8. The Kier molecular flexibility index (Phi) is 7.12. The fraction of sp³-hybridized carbons (Fsp3) is 0.538. The first-order valence-electron chi connectivity index (χ1n) is 6.59. The third-order valence-electron chi connectivity index (χ3n) is 3.00. The second-order valence-corrected chi connectivity index (χ2v) is 8.60. The van der Waals surface area contributed by atoms with Crippen LogP contribution in [0.15, 0.2) is 26.0 Å². The van der Waals surface area contributed by atoms with Gasteiger partial charge in [0.1, 0.15) is 4.90 Å². The Morgan fingerprint density at radius 1 is 1.19 bits per heavy atom. The molecule has 0 unspecified atom stereocenters. The van der Waals surface area contributed by atoms with Gasteiger partial charge in [0.2, 0.25) is 10.0 Å². The molecule has 0 aliphatic carbocycles. The van der Waals surface area contributed by atoms with Gasteiger partial charge in [0.15, 0.2) is 0 Å². The van der Waals surface area contributed by atoms with E-state index in [1.54, 1.807) is 12.1 Å². The number of hydrogen-bond donors (Lipinski definition) is 1. The lowest BCUT2D eigenvalue weighted by atomic mass is 10.3. The summed E-state index contributed by atoms with van der Waals surface area (Å²) in [6.45, 7) is 3.55. The van der Waals surface area contributed by atoms with Gasteiger partial charge in [0.25, 0.3) is 0 Å². The van der Waals surface area contributed by atoms with Crippen LogP contribution >= 0.6 is 31.9 Å². The highest BCUT2D eigenvalue weighted by Gasteiger charge is 2.27. The molecule has 5 nitrogen and oxygen atoms in total. The molecule has 0 atom stereocenters. The molecular weight excluding hydrogens is 422 g/mol. The highest BCUT2D eigenvalue weighted by Crippen LogP contribution is 2.33. The van der Waals surface area contributed by atoms with Crippen LogP contribution in [0.1, 0.15) is 13.3 Å². The zero-order valence-electron chi connectivity index (χ0n) is 12.4. The molecule has 0 aliphatic rings. The van der Waals surface area contributed by atoms with E-state index in [0.717, 1.165) is 17.4 Å². The first kappa shape index (κ1) is 18.9. The molecule has 0 saturated heterocycles. The summed E-state index contributed by atoms with van der Waals surface area (Å²) in [7, 11) is 0.328. The summed E-state index contributed by atoms with van der Waals surface area (Å²) in [4.78, 5) is 2.17. The molecule has 0 radical (unpaired) electrons. The minimum Gasteiger partial charge on any atom is -0.398 e. The minimum absolute atomic E-state index is 0.136. The number of rotatable bonds is 7. The molecular formula is C13H21Br2N3O2S. The number of anilines is 1. The Hall–Kier alpha value is -0.150. The molecule has 0 aliphatic heterocycles. The Balaban J connectivity index is 3.08. The smallest absolute Gasteiger partial charge is 0.246 e. The Bertz CT molecular complexity index is 568. The molecule has 120 valence electrons. The maximum absolute atomic E-state index is 12.8. The van der Waals surface area contributed by atoms with Crippen molar-refractivity contribution in [3.8, 4) is 0 Å². The zero-order valence-corrected chi connectivity index (χ0v) is 16.4. The van der Waals surface area contributed by atoms with Crippen LogP contribution in [0, 0.1) is 0 Å². The van der Waals surface area contributed by atoms with E-state index in [2.05, 4.69) is 31.9 Å². The van der Waals surface area contributed by atoms with Crippen molar-refractivity contribution in [1.82, 2.24) is 9.21 Å². The van der Waals surface area contributed by atoms with Crippen LogP contribution in [0.5, 0.6) is 0 Å². The van der Waals surface area contributed by atoms with Gasteiger partial charge in [-0.3, -0.25) is 0 Å². The van der Waals surface area contributed by atoms with Gasteiger partial charge in [-0.25, -0.2) is 8.42 Å². The quantitative estimate of drug-likeness (QED) is 0.659. The van der Waals surface area contributed by atoms with Crippen LogP contribution in [0.25, 0.3) is 0 Å². The predicted molar refractivity (Wildman–Crippen MR) is 93.9 cm³/mol. The van der Waals surface area contributed by atoms with Crippen LogP contribution in [0.3, 0.4) is 0 Å². The van der Waals surface area contributed by atoms with E-state index in [4.69, 9.17) is 5.73 Å². The molecule has 1 aromatic rings. The fourth-order valence-electron chi connectivity index (χ4n) is 1.99. The summed E-state index contributed by atoms with van der Waals surface area (Å²) in [6.07, 6.45) is 0.772. The number of sulfonamides is 1. The third-order valence-corrected chi connectivity index (χ3v) is 6.44. The lowest BCUT2D eigenvalue weighted by Crippen LogP contribution is -2.34. The molecule has 0 amide bonds. The predicted octanol–water partition coefficient (Wildman–Crippen LogP) is 2.76. The largest absolute Gasteiger partial charge is 0.398 e. The second kappa shape index (κ2) is 7.92. The van der Waals surface area contributed by atoms with Gasteiger partial charge in [0, 0.05) is 22.0 Å². The van der Waals surface area contributed by atoms with Crippen molar-refractivity contribution in [2.75, 3.05) is 39.5 Å². The number of halogens is 2. The van der Waals surface area contributed by atoms with Crippen molar-refractivity contribution in [1.29, 1.82) is 0 Å². The van der Waals surface area contributed by atoms with Gasteiger partial charge < -0.3 is 10.6 Å². The number of nitrogen functional groups attached to an aromatic ring is 1. The van der Waals surface area contributed by atoms with Gasteiger partial charge >= 0.3 is 0 Å². The molecule has 2 N–H and O–H groups in total. The third kappa shape index (κ3) is 4.92. The van der Waals surface area contributed by atoms with Gasteiger partial charge in [0.05, 0.1) is 5.69 Å². The van der Waals surface area contributed by atoms with Crippen molar-refractivity contribution >= 4 is 47.6 Å². The van der Waals surface area contributed by atoms with Crippen LogP contribution in [0.2, 0.25) is 0 Å². The molecule has 0 fully saturated rings. The molecule has 0 saturated carbocycles. The van der Waals surface area contributed by atoms with E-state index in [0.29, 0.717) is 17.6 Å².